The zero-order valence-electron chi connectivity index (χ0n) is 10.5. The Bertz CT molecular complexity index is 382. The highest BCUT2D eigenvalue weighted by Gasteiger charge is 2.14. The molecule has 0 aromatic carbocycles. The first-order chi connectivity index (χ1) is 8.52. The van der Waals surface area contributed by atoms with Gasteiger partial charge in [0.05, 0.1) is 22.7 Å². The van der Waals surface area contributed by atoms with Crippen molar-refractivity contribution >= 4 is 40.6 Å². The normalized spacial score (nSPS) is 12.7. The summed E-state index contributed by atoms with van der Waals surface area (Å²) in [5, 5.41) is 11.9. The third kappa shape index (κ3) is 5.61. The van der Waals surface area contributed by atoms with Gasteiger partial charge in [0.2, 0.25) is 5.91 Å². The van der Waals surface area contributed by atoms with E-state index >= 15 is 0 Å². The standard InChI is InChI=1S/C12H18ClNO2S2/c1-8(2)10(5-15)14-12(16)7-17-6-9-3-4-11(13)18-9/h3-4,8,10,15H,5-7H2,1-2H3,(H,14,16)/t10-/m1/s1. The average Bonchev–Trinajstić information content (AvgIpc) is 2.71. The zero-order valence-corrected chi connectivity index (χ0v) is 12.9. The summed E-state index contributed by atoms with van der Waals surface area (Å²) in [6, 6.07) is 3.68. The fourth-order valence-electron chi connectivity index (χ4n) is 1.35. The average molecular weight is 308 g/mol. The number of carbonyl (C=O) groups excluding carboxylic acids is 1. The van der Waals surface area contributed by atoms with Gasteiger partial charge in [-0.3, -0.25) is 4.79 Å². The molecule has 1 heterocycles. The molecule has 0 bridgehead atoms. The van der Waals surface area contributed by atoms with Gasteiger partial charge in [-0.25, -0.2) is 0 Å². The third-order valence-electron chi connectivity index (χ3n) is 2.45. The number of amides is 1. The van der Waals surface area contributed by atoms with Crippen LogP contribution in [-0.4, -0.2) is 29.4 Å². The molecule has 0 spiro atoms. The van der Waals surface area contributed by atoms with Crippen LogP contribution >= 0.6 is 34.7 Å². The van der Waals surface area contributed by atoms with Crippen LogP contribution in [0.2, 0.25) is 4.34 Å². The molecule has 1 aromatic rings. The van der Waals surface area contributed by atoms with Crippen LogP contribution in [-0.2, 0) is 10.5 Å². The number of thioether (sulfide) groups is 1. The number of nitrogens with one attached hydrogen (secondary N) is 1. The van der Waals surface area contributed by atoms with E-state index < -0.39 is 0 Å². The third-order valence-corrected chi connectivity index (χ3v) is 4.85. The molecule has 1 aromatic heterocycles. The quantitative estimate of drug-likeness (QED) is 0.814. The fraction of sp³-hybridized carbons (Fsp3) is 0.583. The maximum absolute atomic E-state index is 11.6. The van der Waals surface area contributed by atoms with Crippen LogP contribution in [0.3, 0.4) is 0 Å². The van der Waals surface area contributed by atoms with Crippen LogP contribution in [0.25, 0.3) is 0 Å². The van der Waals surface area contributed by atoms with E-state index in [0.717, 1.165) is 10.1 Å². The highest BCUT2D eigenvalue weighted by molar-refractivity contribution is 7.99. The minimum atomic E-state index is -0.158. The molecule has 2 N–H and O–H groups in total. The summed E-state index contributed by atoms with van der Waals surface area (Å²) >= 11 is 8.91. The predicted octanol–water partition coefficient (Wildman–Crippen LogP) is 2.77. The van der Waals surface area contributed by atoms with Gasteiger partial charge < -0.3 is 10.4 Å². The molecule has 0 aliphatic heterocycles. The second-order valence-electron chi connectivity index (χ2n) is 4.30. The maximum atomic E-state index is 11.6. The molecule has 0 saturated carbocycles. The van der Waals surface area contributed by atoms with Crippen LogP contribution in [0.1, 0.15) is 18.7 Å². The Morgan fingerprint density at radius 2 is 2.28 bits per heavy atom. The first-order valence-electron chi connectivity index (χ1n) is 5.75. The fourth-order valence-corrected chi connectivity index (χ4v) is 3.38. The minimum Gasteiger partial charge on any atom is -0.394 e. The number of aliphatic hydroxyl groups excluding tert-OH is 1. The zero-order chi connectivity index (χ0) is 13.5. The Hall–Kier alpha value is -0.230. The van der Waals surface area contributed by atoms with Gasteiger partial charge in [0.25, 0.3) is 0 Å². The lowest BCUT2D eigenvalue weighted by Gasteiger charge is -2.19. The number of rotatable bonds is 7. The van der Waals surface area contributed by atoms with E-state index in [1.165, 1.54) is 16.2 Å². The van der Waals surface area contributed by atoms with E-state index in [1.54, 1.807) is 11.8 Å². The van der Waals surface area contributed by atoms with Crippen molar-refractivity contribution in [1.29, 1.82) is 0 Å². The summed E-state index contributed by atoms with van der Waals surface area (Å²) in [5.41, 5.74) is 0. The molecule has 0 aliphatic rings. The van der Waals surface area contributed by atoms with Crippen molar-refractivity contribution in [3.8, 4) is 0 Å². The van der Waals surface area contributed by atoms with Gasteiger partial charge in [-0.1, -0.05) is 25.4 Å². The van der Waals surface area contributed by atoms with E-state index in [-0.39, 0.29) is 24.5 Å². The van der Waals surface area contributed by atoms with E-state index in [9.17, 15) is 4.79 Å². The topological polar surface area (TPSA) is 49.3 Å². The molecule has 3 nitrogen and oxygen atoms in total. The molecule has 0 radical (unpaired) electrons. The summed E-state index contributed by atoms with van der Waals surface area (Å²) < 4.78 is 0.773. The molecule has 0 fully saturated rings. The Morgan fingerprint density at radius 1 is 1.56 bits per heavy atom. The minimum absolute atomic E-state index is 0.0192. The van der Waals surface area contributed by atoms with Gasteiger partial charge in [0.1, 0.15) is 0 Å². The Kier molecular flexibility index (Phi) is 7.07. The van der Waals surface area contributed by atoms with Crippen molar-refractivity contribution in [2.75, 3.05) is 12.4 Å². The van der Waals surface area contributed by atoms with Gasteiger partial charge in [-0.15, -0.1) is 23.1 Å². The van der Waals surface area contributed by atoms with Gasteiger partial charge in [-0.05, 0) is 18.1 Å². The predicted molar refractivity (Wildman–Crippen MR) is 79.3 cm³/mol. The SMILES string of the molecule is CC(C)[C@@H](CO)NC(=O)CSCc1ccc(Cl)s1. The van der Waals surface area contributed by atoms with Crippen molar-refractivity contribution in [3.05, 3.63) is 21.3 Å². The highest BCUT2D eigenvalue weighted by atomic mass is 35.5. The van der Waals surface area contributed by atoms with Gasteiger partial charge in [-0.2, -0.15) is 0 Å². The molecule has 0 unspecified atom stereocenters. The monoisotopic (exact) mass is 307 g/mol. The summed E-state index contributed by atoms with van der Waals surface area (Å²) in [4.78, 5) is 12.8. The first-order valence-corrected chi connectivity index (χ1v) is 8.10. The molecule has 18 heavy (non-hydrogen) atoms. The summed E-state index contributed by atoms with van der Waals surface area (Å²) in [6.07, 6.45) is 0. The molecule has 1 rings (SSSR count). The van der Waals surface area contributed by atoms with Crippen molar-refractivity contribution in [3.63, 3.8) is 0 Å². The van der Waals surface area contributed by atoms with Crippen molar-refractivity contribution in [2.45, 2.75) is 25.6 Å². The van der Waals surface area contributed by atoms with Crippen LogP contribution in [0.5, 0.6) is 0 Å². The van der Waals surface area contributed by atoms with Crippen molar-refractivity contribution in [2.24, 2.45) is 5.92 Å². The summed E-state index contributed by atoms with van der Waals surface area (Å²) in [5.74, 6) is 1.39. The van der Waals surface area contributed by atoms with Gasteiger partial charge in [0, 0.05) is 10.6 Å². The van der Waals surface area contributed by atoms with E-state index in [1.807, 2.05) is 26.0 Å². The van der Waals surface area contributed by atoms with E-state index in [2.05, 4.69) is 5.32 Å². The lowest BCUT2D eigenvalue weighted by Crippen LogP contribution is -2.42. The second kappa shape index (κ2) is 8.04. The van der Waals surface area contributed by atoms with Crippen molar-refractivity contribution in [1.82, 2.24) is 5.32 Å². The van der Waals surface area contributed by atoms with Crippen molar-refractivity contribution < 1.29 is 9.90 Å². The molecular formula is C12H18ClNO2S2. The number of thiophene rings is 1. The van der Waals surface area contributed by atoms with Crippen LogP contribution in [0.4, 0.5) is 0 Å². The maximum Gasteiger partial charge on any atom is 0.230 e. The Morgan fingerprint density at radius 3 is 2.78 bits per heavy atom. The Balaban J connectivity index is 2.24. The lowest BCUT2D eigenvalue weighted by molar-refractivity contribution is -0.119. The van der Waals surface area contributed by atoms with Gasteiger partial charge in [0.15, 0.2) is 0 Å². The molecule has 1 amide bonds. The summed E-state index contributed by atoms with van der Waals surface area (Å²) in [7, 11) is 0. The largest absolute Gasteiger partial charge is 0.394 e. The number of hydrogen-bond donors (Lipinski definition) is 2. The number of carbonyl (C=O) groups is 1. The smallest absolute Gasteiger partial charge is 0.230 e. The number of hydrogen-bond acceptors (Lipinski definition) is 4. The van der Waals surface area contributed by atoms with Crippen LogP contribution < -0.4 is 5.32 Å². The molecule has 0 aliphatic carbocycles. The Labute approximate surface area is 121 Å². The number of aliphatic hydroxyl groups is 1. The number of halogens is 1. The van der Waals surface area contributed by atoms with E-state index in [4.69, 9.17) is 16.7 Å². The summed E-state index contributed by atoms with van der Waals surface area (Å²) in [6.45, 7) is 3.93. The molecule has 102 valence electrons. The van der Waals surface area contributed by atoms with Gasteiger partial charge >= 0.3 is 0 Å². The highest BCUT2D eigenvalue weighted by Crippen LogP contribution is 2.24. The van der Waals surface area contributed by atoms with E-state index in [0.29, 0.717) is 5.75 Å². The molecular weight excluding hydrogens is 290 g/mol. The van der Waals surface area contributed by atoms with Crippen LogP contribution in [0.15, 0.2) is 12.1 Å². The first kappa shape index (κ1) is 15.8. The molecule has 1 atom stereocenters. The molecule has 0 saturated heterocycles. The van der Waals surface area contributed by atoms with Crippen LogP contribution in [0, 0.1) is 5.92 Å². The lowest BCUT2D eigenvalue weighted by atomic mass is 10.1. The molecule has 6 heteroatoms. The second-order valence-corrected chi connectivity index (χ2v) is 7.08.